The predicted octanol–water partition coefficient (Wildman–Crippen LogP) is 5.27. The Morgan fingerprint density at radius 2 is 1.85 bits per heavy atom. The second-order valence-corrected chi connectivity index (χ2v) is 10.4. The van der Waals surface area contributed by atoms with Gasteiger partial charge in [0.1, 0.15) is 5.75 Å². The third-order valence-corrected chi connectivity index (χ3v) is 7.73. The molecule has 6 heteroatoms. The Hall–Kier alpha value is -2.73. The van der Waals surface area contributed by atoms with E-state index in [0.29, 0.717) is 12.3 Å². The molecule has 2 aromatic heterocycles. The lowest BCUT2D eigenvalue weighted by Crippen LogP contribution is -2.40. The molecular formula is C28H30BrN3O2. The molecule has 1 unspecified atom stereocenters. The number of hydrogen-bond donors (Lipinski definition) is 0. The van der Waals surface area contributed by atoms with Gasteiger partial charge in [0.05, 0.1) is 19.2 Å². The van der Waals surface area contributed by atoms with Gasteiger partial charge < -0.3 is 9.64 Å². The molecule has 5 rings (SSSR count). The average Bonchev–Trinajstić information content (AvgIpc) is 3.01. The van der Waals surface area contributed by atoms with Gasteiger partial charge >= 0.3 is 0 Å². The highest BCUT2D eigenvalue weighted by Crippen LogP contribution is 2.46. The van der Waals surface area contributed by atoms with E-state index in [1.165, 1.54) is 27.9 Å². The van der Waals surface area contributed by atoms with Crippen LogP contribution in [0.5, 0.6) is 5.75 Å². The van der Waals surface area contributed by atoms with E-state index in [4.69, 9.17) is 9.72 Å². The minimum absolute atomic E-state index is 0.175. The van der Waals surface area contributed by atoms with Gasteiger partial charge in [0.25, 0.3) is 0 Å². The Kier molecular flexibility index (Phi) is 6.68. The molecular weight excluding hydrogens is 490 g/mol. The van der Waals surface area contributed by atoms with E-state index >= 15 is 0 Å². The number of halogens is 1. The van der Waals surface area contributed by atoms with E-state index in [2.05, 4.69) is 46.0 Å². The maximum Gasteiger partial charge on any atom is 0.226 e. The smallest absolute Gasteiger partial charge is 0.226 e. The average molecular weight is 520 g/mol. The molecule has 1 atom stereocenters. The molecule has 0 N–H and O–H groups in total. The third-order valence-electron chi connectivity index (χ3n) is 7.30. The normalized spacial score (nSPS) is 18.1. The van der Waals surface area contributed by atoms with Crippen LogP contribution in [0.15, 0.2) is 53.4 Å². The van der Waals surface area contributed by atoms with E-state index < -0.39 is 0 Å². The first-order valence-electron chi connectivity index (χ1n) is 12.0. The molecule has 1 saturated heterocycles. The Morgan fingerprint density at radius 3 is 2.59 bits per heavy atom. The standard InChI is InChI=1S/C28H30BrN3O2/c1-18-13-21-3-4-22-16-23(29)17-31-28(22)27(26(21)24(14-18)34-2)20-7-11-32(12-8-20)25(33)15-19-5-9-30-10-6-19/h5-6,9-10,13-14,16-17,20,27H,3-4,7-8,11-12,15H2,1-2H3. The number of rotatable bonds is 4. The van der Waals surface area contributed by atoms with Crippen molar-refractivity contribution in [1.82, 2.24) is 14.9 Å². The summed E-state index contributed by atoms with van der Waals surface area (Å²) in [7, 11) is 1.77. The zero-order chi connectivity index (χ0) is 23.7. The van der Waals surface area contributed by atoms with Gasteiger partial charge in [-0.3, -0.25) is 14.8 Å². The highest BCUT2D eigenvalue weighted by Gasteiger charge is 2.36. The molecule has 2 aliphatic rings. The SMILES string of the molecule is COc1cc(C)cc2c1C(C1CCN(C(=O)Cc3ccncc3)CC1)c1ncc(Br)cc1CC2. The number of carbonyl (C=O) groups excluding carboxylic acids is 1. The highest BCUT2D eigenvalue weighted by atomic mass is 79.9. The quantitative estimate of drug-likeness (QED) is 0.471. The maximum absolute atomic E-state index is 12.9. The van der Waals surface area contributed by atoms with E-state index in [9.17, 15) is 4.79 Å². The molecule has 1 amide bonds. The lowest BCUT2D eigenvalue weighted by Gasteiger charge is -2.37. The summed E-state index contributed by atoms with van der Waals surface area (Å²) in [5.41, 5.74) is 7.39. The number of piperidine rings is 1. The van der Waals surface area contributed by atoms with E-state index in [-0.39, 0.29) is 11.8 Å². The van der Waals surface area contributed by atoms with E-state index in [1.807, 2.05) is 23.2 Å². The number of likely N-dealkylation sites (tertiary alicyclic amines) is 1. The van der Waals surface area contributed by atoms with Crippen LogP contribution in [0.3, 0.4) is 0 Å². The molecule has 1 aliphatic carbocycles. The first-order chi connectivity index (χ1) is 16.5. The number of carbonyl (C=O) groups is 1. The number of pyridine rings is 2. The fourth-order valence-electron chi connectivity index (χ4n) is 5.67. The third kappa shape index (κ3) is 4.61. The number of ether oxygens (including phenoxy) is 1. The molecule has 0 radical (unpaired) electrons. The fraction of sp³-hybridized carbons (Fsp3) is 0.393. The van der Waals surface area contributed by atoms with Crippen LogP contribution in [0.25, 0.3) is 0 Å². The Morgan fingerprint density at radius 1 is 1.12 bits per heavy atom. The molecule has 1 aliphatic heterocycles. The van der Waals surface area contributed by atoms with Gasteiger partial charge in [-0.05, 0) is 101 Å². The number of aromatic nitrogens is 2. The van der Waals surface area contributed by atoms with Crippen molar-refractivity contribution >= 4 is 21.8 Å². The maximum atomic E-state index is 12.9. The first kappa shape index (κ1) is 23.0. The zero-order valence-corrected chi connectivity index (χ0v) is 21.3. The van der Waals surface area contributed by atoms with Crippen LogP contribution in [0.4, 0.5) is 0 Å². The second kappa shape index (κ2) is 9.87. The van der Waals surface area contributed by atoms with Crippen molar-refractivity contribution in [2.24, 2.45) is 5.92 Å². The van der Waals surface area contributed by atoms with Crippen LogP contribution < -0.4 is 4.74 Å². The molecule has 0 bridgehead atoms. The highest BCUT2D eigenvalue weighted by molar-refractivity contribution is 9.10. The van der Waals surface area contributed by atoms with Crippen LogP contribution in [-0.2, 0) is 24.1 Å². The summed E-state index contributed by atoms with van der Waals surface area (Å²) in [6.45, 7) is 3.69. The summed E-state index contributed by atoms with van der Waals surface area (Å²) in [4.78, 5) is 24.0. The van der Waals surface area contributed by atoms with E-state index in [0.717, 1.165) is 54.6 Å². The number of benzene rings is 1. The van der Waals surface area contributed by atoms with Crippen molar-refractivity contribution < 1.29 is 9.53 Å². The van der Waals surface area contributed by atoms with Gasteiger partial charge in [0.2, 0.25) is 5.91 Å². The van der Waals surface area contributed by atoms with Crippen LogP contribution in [0, 0.1) is 12.8 Å². The monoisotopic (exact) mass is 519 g/mol. The molecule has 1 fully saturated rings. The fourth-order valence-corrected chi connectivity index (χ4v) is 6.05. The number of fused-ring (bicyclic) bond motifs is 2. The van der Waals surface area contributed by atoms with Crippen LogP contribution in [0.1, 0.15) is 52.3 Å². The molecule has 5 nitrogen and oxygen atoms in total. The number of aryl methyl sites for hydroxylation is 3. The molecule has 3 heterocycles. The molecule has 0 saturated carbocycles. The van der Waals surface area contributed by atoms with Gasteiger partial charge in [-0.1, -0.05) is 6.07 Å². The molecule has 34 heavy (non-hydrogen) atoms. The largest absolute Gasteiger partial charge is 0.496 e. The van der Waals surface area contributed by atoms with Gasteiger partial charge in [-0.15, -0.1) is 0 Å². The van der Waals surface area contributed by atoms with Crippen LogP contribution >= 0.6 is 15.9 Å². The van der Waals surface area contributed by atoms with Gasteiger partial charge in [0.15, 0.2) is 0 Å². The number of methoxy groups -OCH3 is 1. The molecule has 176 valence electrons. The summed E-state index contributed by atoms with van der Waals surface area (Å²) in [5, 5.41) is 0. The van der Waals surface area contributed by atoms with Crippen molar-refractivity contribution in [3.8, 4) is 5.75 Å². The predicted molar refractivity (Wildman–Crippen MR) is 136 cm³/mol. The summed E-state index contributed by atoms with van der Waals surface area (Å²) in [6, 6.07) is 10.5. The summed E-state index contributed by atoms with van der Waals surface area (Å²) < 4.78 is 6.95. The summed E-state index contributed by atoms with van der Waals surface area (Å²) >= 11 is 3.62. The second-order valence-electron chi connectivity index (χ2n) is 9.47. The van der Waals surface area contributed by atoms with Crippen molar-refractivity contribution in [3.63, 3.8) is 0 Å². The molecule has 0 spiro atoms. The van der Waals surface area contributed by atoms with Crippen LogP contribution in [-0.4, -0.2) is 41.0 Å². The summed E-state index contributed by atoms with van der Waals surface area (Å²) in [6.07, 6.45) is 9.72. The Bertz CT molecular complexity index is 1190. The zero-order valence-electron chi connectivity index (χ0n) is 19.8. The van der Waals surface area contributed by atoms with Gasteiger partial charge in [-0.25, -0.2) is 0 Å². The lowest BCUT2D eigenvalue weighted by molar-refractivity contribution is -0.131. The minimum atomic E-state index is 0.175. The summed E-state index contributed by atoms with van der Waals surface area (Å²) in [5.74, 6) is 1.75. The minimum Gasteiger partial charge on any atom is -0.496 e. The van der Waals surface area contributed by atoms with Gasteiger partial charge in [0, 0.05) is 47.6 Å². The van der Waals surface area contributed by atoms with Gasteiger partial charge in [-0.2, -0.15) is 0 Å². The number of nitrogens with zero attached hydrogens (tertiary/aromatic N) is 3. The van der Waals surface area contributed by atoms with Crippen molar-refractivity contribution in [2.45, 2.75) is 44.9 Å². The van der Waals surface area contributed by atoms with Crippen molar-refractivity contribution in [3.05, 3.63) is 86.9 Å². The molecule has 1 aromatic carbocycles. The van der Waals surface area contributed by atoms with E-state index in [1.54, 1.807) is 19.5 Å². The molecule has 3 aromatic rings. The van der Waals surface area contributed by atoms with Crippen molar-refractivity contribution in [2.75, 3.05) is 20.2 Å². The Balaban J connectivity index is 1.44. The van der Waals surface area contributed by atoms with Crippen LogP contribution in [0.2, 0.25) is 0 Å². The number of amides is 1. The lowest BCUT2D eigenvalue weighted by atomic mass is 9.76. The number of hydrogen-bond acceptors (Lipinski definition) is 4. The topological polar surface area (TPSA) is 55.3 Å². The first-order valence-corrected chi connectivity index (χ1v) is 12.8. The Labute approximate surface area is 209 Å². The van der Waals surface area contributed by atoms with Crippen molar-refractivity contribution in [1.29, 1.82) is 0 Å².